The molecule has 0 unspecified atom stereocenters. The maximum atomic E-state index is 14.2. The molecule has 1 aliphatic carbocycles. The summed E-state index contributed by atoms with van der Waals surface area (Å²) in [6.07, 6.45) is 2.49. The lowest BCUT2D eigenvalue weighted by atomic mass is 10.2. The van der Waals surface area contributed by atoms with Crippen molar-refractivity contribution < 1.29 is 9.18 Å². The van der Waals surface area contributed by atoms with Gasteiger partial charge >= 0.3 is 0 Å². The number of benzene rings is 2. The zero-order valence-corrected chi connectivity index (χ0v) is 16.8. The number of rotatable bonds is 3. The van der Waals surface area contributed by atoms with Gasteiger partial charge in [-0.3, -0.25) is 4.79 Å². The Bertz CT molecular complexity index is 1020. The summed E-state index contributed by atoms with van der Waals surface area (Å²) in [7, 11) is 0. The van der Waals surface area contributed by atoms with Gasteiger partial charge in [0.15, 0.2) is 5.69 Å². The van der Waals surface area contributed by atoms with Crippen molar-refractivity contribution in [2.75, 3.05) is 5.32 Å². The minimum atomic E-state index is -0.355. The number of carbonyl (C=O) groups excluding carboxylic acids is 1. The van der Waals surface area contributed by atoms with Crippen LogP contribution in [0.15, 0.2) is 51.4 Å². The first kappa shape index (κ1) is 17.4. The number of hydrogen-bond acceptors (Lipinski definition) is 2. The summed E-state index contributed by atoms with van der Waals surface area (Å²) in [4.78, 5) is 12.9. The highest BCUT2D eigenvalue weighted by Gasteiger charge is 2.28. The van der Waals surface area contributed by atoms with E-state index in [4.69, 9.17) is 0 Å². The van der Waals surface area contributed by atoms with Crippen molar-refractivity contribution in [2.45, 2.75) is 19.3 Å². The molecule has 1 aliphatic rings. The summed E-state index contributed by atoms with van der Waals surface area (Å²) in [5.41, 5.74) is 3.18. The van der Waals surface area contributed by atoms with Gasteiger partial charge in [-0.05, 0) is 65.5 Å². The molecule has 1 heterocycles. The van der Waals surface area contributed by atoms with Gasteiger partial charge < -0.3 is 5.32 Å². The first-order valence-corrected chi connectivity index (χ1v) is 9.75. The van der Waals surface area contributed by atoms with Crippen molar-refractivity contribution in [2.24, 2.45) is 0 Å². The molecule has 1 aromatic heterocycles. The molecule has 132 valence electrons. The van der Waals surface area contributed by atoms with Gasteiger partial charge in [0, 0.05) is 20.2 Å². The Morgan fingerprint density at radius 1 is 1.15 bits per heavy atom. The van der Waals surface area contributed by atoms with E-state index in [0.29, 0.717) is 17.1 Å². The van der Waals surface area contributed by atoms with Gasteiger partial charge in [0.1, 0.15) is 11.5 Å². The van der Waals surface area contributed by atoms with Crippen LogP contribution in [0.4, 0.5) is 10.1 Å². The van der Waals surface area contributed by atoms with E-state index < -0.39 is 0 Å². The first-order valence-electron chi connectivity index (χ1n) is 8.16. The molecule has 0 aliphatic heterocycles. The quantitative estimate of drug-likeness (QED) is 0.556. The van der Waals surface area contributed by atoms with Gasteiger partial charge in [0.25, 0.3) is 5.91 Å². The molecule has 0 saturated heterocycles. The van der Waals surface area contributed by atoms with Crippen molar-refractivity contribution >= 4 is 43.5 Å². The van der Waals surface area contributed by atoms with Crippen molar-refractivity contribution in [1.82, 2.24) is 9.78 Å². The molecule has 0 fully saturated rings. The van der Waals surface area contributed by atoms with Crippen molar-refractivity contribution in [1.29, 1.82) is 0 Å². The fourth-order valence-electron chi connectivity index (χ4n) is 3.22. The zero-order valence-electron chi connectivity index (χ0n) is 13.6. The Hall–Kier alpha value is -1.99. The predicted octanol–water partition coefficient (Wildman–Crippen LogP) is 5.28. The van der Waals surface area contributed by atoms with Gasteiger partial charge in [-0.25, -0.2) is 9.07 Å². The molecule has 4 nitrogen and oxygen atoms in total. The minimum Gasteiger partial charge on any atom is -0.319 e. The Morgan fingerprint density at radius 2 is 1.96 bits per heavy atom. The minimum absolute atomic E-state index is 0.294. The highest BCUT2D eigenvalue weighted by Crippen LogP contribution is 2.31. The van der Waals surface area contributed by atoms with E-state index in [9.17, 15) is 9.18 Å². The SMILES string of the molecule is O=C(Nc1cc(Br)ccc1Br)c1nn(-c2ccccc2F)c2c1CCC2. The second-order valence-corrected chi connectivity index (χ2v) is 7.84. The maximum Gasteiger partial charge on any atom is 0.276 e. The van der Waals surface area contributed by atoms with Crippen LogP contribution in [0.5, 0.6) is 0 Å². The highest BCUT2D eigenvalue weighted by atomic mass is 79.9. The second-order valence-electron chi connectivity index (χ2n) is 6.07. The lowest BCUT2D eigenvalue weighted by Gasteiger charge is -2.08. The molecule has 1 N–H and O–H groups in total. The lowest BCUT2D eigenvalue weighted by Crippen LogP contribution is -2.15. The van der Waals surface area contributed by atoms with E-state index >= 15 is 0 Å². The molecule has 1 amide bonds. The maximum absolute atomic E-state index is 14.2. The number of para-hydroxylation sites is 1. The van der Waals surface area contributed by atoms with Crippen LogP contribution >= 0.6 is 31.9 Å². The van der Waals surface area contributed by atoms with Crippen LogP contribution in [0.2, 0.25) is 0 Å². The van der Waals surface area contributed by atoms with E-state index in [1.165, 1.54) is 6.07 Å². The van der Waals surface area contributed by atoms with Crippen LogP contribution < -0.4 is 5.32 Å². The van der Waals surface area contributed by atoms with Gasteiger partial charge in [-0.2, -0.15) is 5.10 Å². The van der Waals surface area contributed by atoms with Gasteiger partial charge in [0.2, 0.25) is 0 Å². The molecule has 2 aromatic carbocycles. The summed E-state index contributed by atoms with van der Waals surface area (Å²) >= 11 is 6.84. The Kier molecular flexibility index (Phi) is 4.67. The van der Waals surface area contributed by atoms with E-state index in [0.717, 1.165) is 39.5 Å². The van der Waals surface area contributed by atoms with E-state index in [-0.39, 0.29) is 11.7 Å². The Morgan fingerprint density at radius 3 is 2.77 bits per heavy atom. The van der Waals surface area contributed by atoms with E-state index in [1.807, 2.05) is 18.2 Å². The zero-order chi connectivity index (χ0) is 18.3. The number of aromatic nitrogens is 2. The number of nitrogens with one attached hydrogen (secondary N) is 1. The fourth-order valence-corrected chi connectivity index (χ4v) is 3.92. The van der Waals surface area contributed by atoms with Crippen LogP contribution in [0.1, 0.15) is 28.2 Å². The predicted molar refractivity (Wildman–Crippen MR) is 105 cm³/mol. The van der Waals surface area contributed by atoms with Crippen molar-refractivity contribution in [3.05, 3.63) is 74.2 Å². The number of hydrogen-bond donors (Lipinski definition) is 1. The summed E-state index contributed by atoms with van der Waals surface area (Å²) in [6, 6.07) is 12.0. The van der Waals surface area contributed by atoms with Crippen LogP contribution in [-0.2, 0) is 12.8 Å². The largest absolute Gasteiger partial charge is 0.319 e. The molecule has 0 atom stereocenters. The van der Waals surface area contributed by atoms with Crippen LogP contribution in [0.3, 0.4) is 0 Å². The molecular formula is C19H14Br2FN3O. The topological polar surface area (TPSA) is 46.9 Å². The Labute approximate surface area is 166 Å². The molecule has 0 radical (unpaired) electrons. The first-order chi connectivity index (χ1) is 12.5. The average molecular weight is 479 g/mol. The van der Waals surface area contributed by atoms with Crippen molar-refractivity contribution in [3.63, 3.8) is 0 Å². The van der Waals surface area contributed by atoms with Crippen LogP contribution in [0, 0.1) is 5.82 Å². The Balaban J connectivity index is 1.74. The highest BCUT2D eigenvalue weighted by molar-refractivity contribution is 9.11. The molecular weight excluding hydrogens is 465 g/mol. The molecule has 26 heavy (non-hydrogen) atoms. The summed E-state index contributed by atoms with van der Waals surface area (Å²) < 4.78 is 17.4. The number of nitrogens with zero attached hydrogens (tertiary/aromatic N) is 2. The molecule has 3 aromatic rings. The number of amides is 1. The van der Waals surface area contributed by atoms with Gasteiger partial charge in [-0.15, -0.1) is 0 Å². The van der Waals surface area contributed by atoms with Crippen LogP contribution in [0.25, 0.3) is 5.69 Å². The lowest BCUT2D eigenvalue weighted by molar-refractivity contribution is 0.102. The molecule has 4 rings (SSSR count). The van der Waals surface area contributed by atoms with E-state index in [2.05, 4.69) is 42.3 Å². The standard InChI is InChI=1S/C19H14Br2FN3O/c20-11-8-9-13(21)15(10-11)23-19(26)18-12-4-3-7-16(12)25(24-18)17-6-2-1-5-14(17)22/h1-2,5-6,8-10H,3-4,7H2,(H,23,26). The third-order valence-corrected chi connectivity index (χ3v) is 5.59. The fraction of sp³-hybridized carbons (Fsp3) is 0.158. The summed E-state index contributed by atoms with van der Waals surface area (Å²) in [6.45, 7) is 0. The monoisotopic (exact) mass is 477 g/mol. The third-order valence-electron chi connectivity index (χ3n) is 4.40. The van der Waals surface area contributed by atoms with Crippen LogP contribution in [-0.4, -0.2) is 15.7 Å². The van der Waals surface area contributed by atoms with Crippen molar-refractivity contribution in [3.8, 4) is 5.69 Å². The average Bonchev–Trinajstić information content (AvgIpc) is 3.21. The molecule has 0 spiro atoms. The van der Waals surface area contributed by atoms with Gasteiger partial charge in [-0.1, -0.05) is 28.1 Å². The summed E-state index contributed by atoms with van der Waals surface area (Å²) in [5, 5.41) is 7.34. The number of fused-ring (bicyclic) bond motifs is 1. The van der Waals surface area contributed by atoms with E-state index in [1.54, 1.807) is 22.9 Å². The number of anilines is 1. The van der Waals surface area contributed by atoms with Gasteiger partial charge in [0.05, 0.1) is 5.69 Å². The summed E-state index contributed by atoms with van der Waals surface area (Å²) in [5.74, 6) is -0.650. The number of carbonyl (C=O) groups is 1. The third kappa shape index (κ3) is 3.10. The second kappa shape index (κ2) is 6.96. The molecule has 7 heteroatoms. The number of halogens is 3. The molecule has 0 bridgehead atoms. The molecule has 0 saturated carbocycles. The normalized spacial score (nSPS) is 12.9. The smallest absolute Gasteiger partial charge is 0.276 e.